The summed E-state index contributed by atoms with van der Waals surface area (Å²) in [5.41, 5.74) is 2.45. The maximum Gasteiger partial charge on any atom is 0.410 e. The number of carbonyl (C=O) groups is 1. The third-order valence-corrected chi connectivity index (χ3v) is 3.20. The highest BCUT2D eigenvalue weighted by atomic mass is 16.6. The average molecular weight is 261 g/mol. The fourth-order valence-electron chi connectivity index (χ4n) is 2.12. The van der Waals surface area contributed by atoms with Gasteiger partial charge >= 0.3 is 6.09 Å². The van der Waals surface area contributed by atoms with Crippen molar-refractivity contribution in [1.82, 2.24) is 4.90 Å². The molecule has 0 N–H and O–H groups in total. The lowest BCUT2D eigenvalue weighted by Crippen LogP contribution is -2.35. The van der Waals surface area contributed by atoms with E-state index in [0.717, 1.165) is 12.2 Å². The number of nitrogens with zero attached hydrogens (tertiary/aromatic N) is 1. The van der Waals surface area contributed by atoms with Gasteiger partial charge in [0.1, 0.15) is 5.75 Å². The summed E-state index contributed by atoms with van der Waals surface area (Å²) in [6.07, 6.45) is 2.71. The minimum absolute atomic E-state index is 0.229. The van der Waals surface area contributed by atoms with E-state index in [9.17, 15) is 4.79 Å². The molecule has 1 aromatic rings. The van der Waals surface area contributed by atoms with E-state index in [4.69, 9.17) is 9.47 Å². The molecule has 0 bridgehead atoms. The molecule has 0 saturated carbocycles. The SMILES string of the molecule is CCOC(=O)N1CC=C(c2ccc(OC)cc2)CC1. The lowest BCUT2D eigenvalue weighted by Gasteiger charge is -2.25. The third kappa shape index (κ3) is 3.28. The van der Waals surface area contributed by atoms with Gasteiger partial charge in [-0.25, -0.2) is 4.79 Å². The topological polar surface area (TPSA) is 38.8 Å². The molecule has 2 rings (SSSR count). The Labute approximate surface area is 113 Å². The fraction of sp³-hybridized carbons (Fsp3) is 0.400. The van der Waals surface area contributed by atoms with Crippen molar-refractivity contribution in [3.63, 3.8) is 0 Å². The monoisotopic (exact) mass is 261 g/mol. The number of methoxy groups -OCH3 is 1. The minimum Gasteiger partial charge on any atom is -0.497 e. The summed E-state index contributed by atoms with van der Waals surface area (Å²) in [6.45, 7) is 3.56. The number of rotatable bonds is 3. The zero-order chi connectivity index (χ0) is 13.7. The smallest absolute Gasteiger partial charge is 0.410 e. The highest BCUT2D eigenvalue weighted by molar-refractivity contribution is 5.72. The van der Waals surface area contributed by atoms with Crippen molar-refractivity contribution in [3.8, 4) is 5.75 Å². The summed E-state index contributed by atoms with van der Waals surface area (Å²) in [6, 6.07) is 8.00. The molecule has 0 atom stereocenters. The van der Waals surface area contributed by atoms with Crippen molar-refractivity contribution in [2.24, 2.45) is 0 Å². The van der Waals surface area contributed by atoms with E-state index in [1.165, 1.54) is 11.1 Å². The van der Waals surface area contributed by atoms with Gasteiger partial charge in [0.2, 0.25) is 0 Å². The van der Waals surface area contributed by atoms with E-state index in [0.29, 0.717) is 19.7 Å². The third-order valence-electron chi connectivity index (χ3n) is 3.20. The van der Waals surface area contributed by atoms with Gasteiger partial charge in [0.25, 0.3) is 0 Å². The molecule has 0 aromatic heterocycles. The molecule has 102 valence electrons. The summed E-state index contributed by atoms with van der Waals surface area (Å²) in [5.74, 6) is 0.855. The molecule has 1 aliphatic heterocycles. The van der Waals surface area contributed by atoms with Crippen LogP contribution >= 0.6 is 0 Å². The highest BCUT2D eigenvalue weighted by Gasteiger charge is 2.18. The second kappa shape index (κ2) is 6.27. The van der Waals surface area contributed by atoms with Gasteiger partial charge in [-0.1, -0.05) is 18.2 Å². The van der Waals surface area contributed by atoms with E-state index in [1.54, 1.807) is 12.0 Å². The van der Waals surface area contributed by atoms with Gasteiger partial charge in [-0.3, -0.25) is 0 Å². The second-order valence-corrected chi connectivity index (χ2v) is 4.35. The van der Waals surface area contributed by atoms with Crippen LogP contribution in [0.3, 0.4) is 0 Å². The lowest BCUT2D eigenvalue weighted by atomic mass is 10.00. The molecule has 1 aromatic carbocycles. The lowest BCUT2D eigenvalue weighted by molar-refractivity contribution is 0.111. The van der Waals surface area contributed by atoms with E-state index in [-0.39, 0.29) is 6.09 Å². The number of hydrogen-bond donors (Lipinski definition) is 0. The molecule has 19 heavy (non-hydrogen) atoms. The molecule has 0 saturated heterocycles. The zero-order valence-electron chi connectivity index (χ0n) is 11.4. The minimum atomic E-state index is -0.229. The number of amides is 1. The molecular formula is C15H19NO3. The predicted molar refractivity (Wildman–Crippen MR) is 74.2 cm³/mol. The van der Waals surface area contributed by atoms with Crippen LogP contribution in [0, 0.1) is 0 Å². The van der Waals surface area contributed by atoms with Crippen molar-refractivity contribution in [1.29, 1.82) is 0 Å². The summed E-state index contributed by atoms with van der Waals surface area (Å²) in [4.78, 5) is 13.3. The van der Waals surface area contributed by atoms with Crippen LogP contribution in [-0.2, 0) is 4.74 Å². The highest BCUT2D eigenvalue weighted by Crippen LogP contribution is 2.24. The summed E-state index contributed by atoms with van der Waals surface area (Å²) < 4.78 is 10.1. The maximum absolute atomic E-state index is 11.6. The van der Waals surface area contributed by atoms with Crippen LogP contribution in [0.5, 0.6) is 5.75 Å². The van der Waals surface area contributed by atoms with E-state index in [2.05, 4.69) is 6.08 Å². The molecule has 4 heteroatoms. The largest absolute Gasteiger partial charge is 0.497 e. The molecule has 0 fully saturated rings. The molecule has 0 radical (unpaired) electrons. The first-order valence-electron chi connectivity index (χ1n) is 6.49. The Morgan fingerprint density at radius 1 is 1.32 bits per heavy atom. The molecule has 1 heterocycles. The molecule has 0 unspecified atom stereocenters. The standard InChI is InChI=1S/C15H19NO3/c1-3-19-15(17)16-10-8-13(9-11-16)12-4-6-14(18-2)7-5-12/h4-8H,3,9-11H2,1-2H3. The van der Waals surface area contributed by atoms with Crippen LogP contribution in [0.4, 0.5) is 4.79 Å². The molecule has 0 spiro atoms. The Balaban J connectivity index is 2.01. The maximum atomic E-state index is 11.6. The summed E-state index contributed by atoms with van der Waals surface area (Å²) >= 11 is 0. The van der Waals surface area contributed by atoms with Gasteiger partial charge in [0, 0.05) is 13.1 Å². The molecule has 0 aliphatic carbocycles. The normalized spacial score (nSPS) is 14.8. The van der Waals surface area contributed by atoms with Gasteiger partial charge in [-0.05, 0) is 36.6 Å². The first-order chi connectivity index (χ1) is 9.24. The van der Waals surface area contributed by atoms with Crippen LogP contribution in [-0.4, -0.2) is 37.8 Å². The van der Waals surface area contributed by atoms with Gasteiger partial charge in [0.05, 0.1) is 13.7 Å². The van der Waals surface area contributed by atoms with Crippen molar-refractivity contribution in [2.45, 2.75) is 13.3 Å². The van der Waals surface area contributed by atoms with Gasteiger partial charge in [0.15, 0.2) is 0 Å². The summed E-state index contributed by atoms with van der Waals surface area (Å²) in [7, 11) is 1.66. The van der Waals surface area contributed by atoms with Crippen LogP contribution in [0.1, 0.15) is 18.9 Å². The number of hydrogen-bond acceptors (Lipinski definition) is 3. The average Bonchev–Trinajstić information content (AvgIpc) is 2.48. The van der Waals surface area contributed by atoms with Crippen molar-refractivity contribution >= 4 is 11.7 Å². The van der Waals surface area contributed by atoms with Gasteiger partial charge in [-0.2, -0.15) is 0 Å². The molecular weight excluding hydrogens is 242 g/mol. The number of ether oxygens (including phenoxy) is 2. The van der Waals surface area contributed by atoms with E-state index < -0.39 is 0 Å². The second-order valence-electron chi connectivity index (χ2n) is 4.35. The fourth-order valence-corrected chi connectivity index (χ4v) is 2.12. The predicted octanol–water partition coefficient (Wildman–Crippen LogP) is 2.94. The molecule has 1 amide bonds. The Hall–Kier alpha value is -1.97. The first kappa shape index (κ1) is 13.5. The Morgan fingerprint density at radius 2 is 2.05 bits per heavy atom. The first-order valence-corrected chi connectivity index (χ1v) is 6.49. The van der Waals surface area contributed by atoms with Crippen molar-refractivity contribution in [3.05, 3.63) is 35.9 Å². The van der Waals surface area contributed by atoms with E-state index in [1.807, 2.05) is 31.2 Å². The van der Waals surface area contributed by atoms with Gasteiger partial charge in [-0.15, -0.1) is 0 Å². The zero-order valence-corrected chi connectivity index (χ0v) is 11.4. The Bertz CT molecular complexity index is 465. The van der Waals surface area contributed by atoms with Gasteiger partial charge < -0.3 is 14.4 Å². The summed E-state index contributed by atoms with van der Waals surface area (Å²) in [5, 5.41) is 0. The van der Waals surface area contributed by atoms with Crippen molar-refractivity contribution in [2.75, 3.05) is 26.8 Å². The van der Waals surface area contributed by atoms with Crippen LogP contribution < -0.4 is 4.74 Å². The molecule has 1 aliphatic rings. The molecule has 4 nitrogen and oxygen atoms in total. The van der Waals surface area contributed by atoms with Crippen LogP contribution in [0.2, 0.25) is 0 Å². The number of carbonyl (C=O) groups excluding carboxylic acids is 1. The van der Waals surface area contributed by atoms with Crippen LogP contribution in [0.15, 0.2) is 30.3 Å². The Kier molecular flexibility index (Phi) is 4.44. The Morgan fingerprint density at radius 3 is 2.58 bits per heavy atom. The quantitative estimate of drug-likeness (QED) is 0.839. The van der Waals surface area contributed by atoms with Crippen molar-refractivity contribution < 1.29 is 14.3 Å². The number of benzene rings is 1. The van der Waals surface area contributed by atoms with Crippen LogP contribution in [0.25, 0.3) is 5.57 Å². The van der Waals surface area contributed by atoms with E-state index >= 15 is 0 Å².